The highest BCUT2D eigenvalue weighted by molar-refractivity contribution is 7.89. The van der Waals surface area contributed by atoms with Crippen LogP contribution in [0.4, 0.5) is 5.69 Å². The van der Waals surface area contributed by atoms with Crippen LogP contribution >= 0.6 is 0 Å². The number of carbonyl (C=O) groups is 1. The third-order valence-electron chi connectivity index (χ3n) is 3.97. The molecule has 1 aromatic carbocycles. The van der Waals surface area contributed by atoms with E-state index in [1.807, 2.05) is 0 Å². The average Bonchev–Trinajstić information content (AvgIpc) is 3.40. The number of benzene rings is 1. The molecule has 1 amide bonds. The van der Waals surface area contributed by atoms with Crippen LogP contribution in [0.1, 0.15) is 29.9 Å². The summed E-state index contributed by atoms with van der Waals surface area (Å²) in [7, 11) is -2.08. The molecule has 132 valence electrons. The molecule has 25 heavy (non-hydrogen) atoms. The Morgan fingerprint density at radius 3 is 2.52 bits per heavy atom. The van der Waals surface area contributed by atoms with Crippen LogP contribution < -0.4 is 10.0 Å². The van der Waals surface area contributed by atoms with Gasteiger partial charge in [-0.3, -0.25) is 4.79 Å². The topological polar surface area (TPSA) is 101 Å². The van der Waals surface area contributed by atoms with Crippen LogP contribution in [0.3, 0.4) is 0 Å². The number of sulfonamides is 1. The summed E-state index contributed by atoms with van der Waals surface area (Å²) in [5.41, 5.74) is 1.98. The maximum Gasteiger partial charge on any atom is 0.240 e. The molecule has 1 heterocycles. The smallest absolute Gasteiger partial charge is 0.240 e. The van der Waals surface area contributed by atoms with Crippen LogP contribution in [0.25, 0.3) is 12.2 Å². The second-order valence-corrected chi connectivity index (χ2v) is 7.77. The minimum atomic E-state index is -3.45. The van der Waals surface area contributed by atoms with Crippen molar-refractivity contribution in [2.45, 2.75) is 24.7 Å². The fourth-order valence-corrected chi connectivity index (χ4v) is 3.00. The highest BCUT2D eigenvalue weighted by Crippen LogP contribution is 2.32. The van der Waals surface area contributed by atoms with Crippen molar-refractivity contribution < 1.29 is 17.7 Å². The third kappa shape index (κ3) is 3.97. The summed E-state index contributed by atoms with van der Waals surface area (Å²) >= 11 is 0. The van der Waals surface area contributed by atoms with Gasteiger partial charge >= 0.3 is 0 Å². The van der Waals surface area contributed by atoms with Crippen LogP contribution in [-0.2, 0) is 14.8 Å². The largest absolute Gasteiger partial charge is 0.354 e. The Morgan fingerprint density at radius 1 is 1.24 bits per heavy atom. The summed E-state index contributed by atoms with van der Waals surface area (Å²) in [5.74, 6) is 0.536. The molecule has 0 bridgehead atoms. The zero-order valence-corrected chi connectivity index (χ0v) is 14.8. The molecule has 1 saturated carbocycles. The molecule has 0 atom stereocenters. The van der Waals surface area contributed by atoms with Gasteiger partial charge in [0.05, 0.1) is 4.90 Å². The maximum absolute atomic E-state index is 11.9. The molecule has 0 saturated heterocycles. The van der Waals surface area contributed by atoms with Gasteiger partial charge in [0.25, 0.3) is 0 Å². The first-order valence-corrected chi connectivity index (χ1v) is 9.38. The Balaban J connectivity index is 1.77. The molecule has 8 heteroatoms. The number of hydrogen-bond donors (Lipinski definition) is 2. The number of aryl methyl sites for hydroxylation is 1. The lowest BCUT2D eigenvalue weighted by Gasteiger charge is -2.03. The minimum absolute atomic E-state index is 0.0115. The highest BCUT2D eigenvalue weighted by atomic mass is 32.2. The van der Waals surface area contributed by atoms with E-state index in [0.29, 0.717) is 17.1 Å². The number of nitrogens with zero attached hydrogens (tertiary/aromatic N) is 1. The number of rotatable bonds is 6. The molecule has 1 fully saturated rings. The summed E-state index contributed by atoms with van der Waals surface area (Å²) in [6.07, 6.45) is 5.30. The lowest BCUT2D eigenvalue weighted by Crippen LogP contribution is -2.18. The predicted octanol–water partition coefficient (Wildman–Crippen LogP) is 2.41. The lowest BCUT2D eigenvalue weighted by molar-refractivity contribution is -0.117. The summed E-state index contributed by atoms with van der Waals surface area (Å²) in [4.78, 5) is 12.1. The zero-order valence-electron chi connectivity index (χ0n) is 13.9. The van der Waals surface area contributed by atoms with E-state index < -0.39 is 10.0 Å². The van der Waals surface area contributed by atoms with E-state index in [2.05, 4.69) is 15.2 Å². The van der Waals surface area contributed by atoms with Gasteiger partial charge < -0.3 is 9.84 Å². The average molecular weight is 361 g/mol. The predicted molar refractivity (Wildman–Crippen MR) is 94.2 cm³/mol. The van der Waals surface area contributed by atoms with Crippen LogP contribution in [0.15, 0.2) is 33.7 Å². The van der Waals surface area contributed by atoms with Gasteiger partial charge in [-0.15, -0.1) is 0 Å². The summed E-state index contributed by atoms with van der Waals surface area (Å²) in [5, 5.41) is 6.75. The number of nitrogens with one attached hydrogen (secondary N) is 2. The highest BCUT2D eigenvalue weighted by Gasteiger charge is 2.30. The van der Waals surface area contributed by atoms with E-state index >= 15 is 0 Å². The van der Waals surface area contributed by atoms with Crippen molar-refractivity contribution in [2.75, 3.05) is 12.4 Å². The summed E-state index contributed by atoms with van der Waals surface area (Å²) < 4.78 is 30.9. The molecule has 0 radical (unpaired) electrons. The Kier molecular flexibility index (Phi) is 4.73. The van der Waals surface area contributed by atoms with E-state index in [1.54, 1.807) is 31.2 Å². The summed E-state index contributed by atoms with van der Waals surface area (Å²) in [6, 6.07) is 6.42. The van der Waals surface area contributed by atoms with Crippen molar-refractivity contribution in [3.8, 4) is 0 Å². The second kappa shape index (κ2) is 6.81. The molecule has 2 N–H and O–H groups in total. The SMILES string of the molecule is CNS(=O)(=O)c1ccc(C=Cc2onc(C)c2NC(=O)C2CC2)cc1. The molecule has 2 aromatic rings. The monoisotopic (exact) mass is 361 g/mol. The Bertz CT molecular complexity index is 910. The molecule has 1 aromatic heterocycles. The third-order valence-corrected chi connectivity index (χ3v) is 5.40. The van der Waals surface area contributed by atoms with E-state index in [9.17, 15) is 13.2 Å². The van der Waals surface area contributed by atoms with Crippen molar-refractivity contribution >= 4 is 33.8 Å². The van der Waals surface area contributed by atoms with Crippen molar-refractivity contribution in [1.29, 1.82) is 0 Å². The Morgan fingerprint density at radius 2 is 1.92 bits per heavy atom. The first-order chi connectivity index (χ1) is 11.9. The van der Waals surface area contributed by atoms with Crippen LogP contribution in [0.2, 0.25) is 0 Å². The molecule has 1 aliphatic rings. The number of aromatic nitrogens is 1. The van der Waals surface area contributed by atoms with E-state index in [4.69, 9.17) is 4.52 Å². The molecule has 7 nitrogen and oxygen atoms in total. The van der Waals surface area contributed by atoms with Gasteiger partial charge in [0, 0.05) is 5.92 Å². The van der Waals surface area contributed by atoms with Crippen LogP contribution in [-0.4, -0.2) is 26.5 Å². The normalized spacial score (nSPS) is 14.8. The standard InChI is InChI=1S/C17H19N3O4S/c1-11-16(19-17(21)13-6-7-13)15(24-20-11)10-5-12-3-8-14(9-4-12)25(22,23)18-2/h3-5,8-10,13,18H,6-7H2,1-2H3,(H,19,21). The molecule has 1 aliphatic carbocycles. The fourth-order valence-electron chi connectivity index (χ4n) is 2.27. The number of carbonyl (C=O) groups excluding carboxylic acids is 1. The van der Waals surface area contributed by atoms with E-state index in [0.717, 1.165) is 18.4 Å². The molecular formula is C17H19N3O4S. The van der Waals surface area contributed by atoms with Gasteiger partial charge in [-0.1, -0.05) is 23.4 Å². The van der Waals surface area contributed by atoms with E-state index in [1.165, 1.54) is 19.2 Å². The van der Waals surface area contributed by atoms with Crippen molar-refractivity contribution in [3.63, 3.8) is 0 Å². The molecular weight excluding hydrogens is 342 g/mol. The van der Waals surface area contributed by atoms with Gasteiger partial charge in [-0.2, -0.15) is 0 Å². The fraction of sp³-hybridized carbons (Fsp3) is 0.294. The zero-order chi connectivity index (χ0) is 18.0. The first-order valence-electron chi connectivity index (χ1n) is 7.89. The van der Waals surface area contributed by atoms with Gasteiger partial charge in [0.15, 0.2) is 5.76 Å². The number of hydrogen-bond acceptors (Lipinski definition) is 5. The van der Waals surface area contributed by atoms with Gasteiger partial charge in [-0.05, 0) is 50.6 Å². The van der Waals surface area contributed by atoms with Gasteiger partial charge in [0.2, 0.25) is 15.9 Å². The second-order valence-electron chi connectivity index (χ2n) is 5.88. The van der Waals surface area contributed by atoms with Gasteiger partial charge in [-0.25, -0.2) is 13.1 Å². The molecule has 0 unspecified atom stereocenters. The number of anilines is 1. The number of amides is 1. The Labute approximate surface area is 146 Å². The lowest BCUT2D eigenvalue weighted by atomic mass is 10.2. The van der Waals surface area contributed by atoms with Crippen molar-refractivity contribution in [1.82, 2.24) is 9.88 Å². The van der Waals surface area contributed by atoms with Crippen LogP contribution in [0.5, 0.6) is 0 Å². The van der Waals surface area contributed by atoms with Crippen LogP contribution in [0, 0.1) is 12.8 Å². The molecule has 3 rings (SSSR count). The quantitative estimate of drug-likeness (QED) is 0.823. The maximum atomic E-state index is 11.9. The van der Waals surface area contributed by atoms with Crippen molar-refractivity contribution in [2.24, 2.45) is 5.92 Å². The van der Waals surface area contributed by atoms with E-state index in [-0.39, 0.29) is 16.7 Å². The minimum Gasteiger partial charge on any atom is -0.354 e. The molecule has 0 aliphatic heterocycles. The molecule has 0 spiro atoms. The summed E-state index contributed by atoms with van der Waals surface area (Å²) in [6.45, 7) is 1.76. The van der Waals surface area contributed by atoms with Crippen molar-refractivity contribution in [3.05, 3.63) is 41.3 Å². The first kappa shape index (κ1) is 17.4. The Hall–Kier alpha value is -2.45. The van der Waals surface area contributed by atoms with Gasteiger partial charge in [0.1, 0.15) is 11.4 Å².